The molecule has 6 nitrogen and oxygen atoms in total. The van der Waals surface area contributed by atoms with E-state index < -0.39 is 16.1 Å². The summed E-state index contributed by atoms with van der Waals surface area (Å²) in [6.07, 6.45) is 3.86. The minimum atomic E-state index is -3.71. The Bertz CT molecular complexity index is 1490. The fraction of sp³-hybridized carbons (Fsp3) is 0.259. The highest BCUT2D eigenvalue weighted by Crippen LogP contribution is 2.33. The molecule has 0 spiro atoms. The number of nitrogens with zero attached hydrogens (tertiary/aromatic N) is 2. The van der Waals surface area contributed by atoms with Crippen molar-refractivity contribution in [2.24, 2.45) is 0 Å². The molecule has 0 radical (unpaired) electrons. The third kappa shape index (κ3) is 5.47. The molecule has 2 aromatic carbocycles. The number of benzene rings is 2. The lowest BCUT2D eigenvalue weighted by Crippen LogP contribution is -2.40. The van der Waals surface area contributed by atoms with Crippen molar-refractivity contribution in [1.82, 2.24) is 9.29 Å². The molecule has 4 aromatic rings. The summed E-state index contributed by atoms with van der Waals surface area (Å²) in [5.74, 6) is 0.739. The molecule has 0 saturated carbocycles. The average Bonchev–Trinajstić information content (AvgIpc) is 3.57. The normalized spacial score (nSPS) is 16.4. The van der Waals surface area contributed by atoms with E-state index in [2.05, 4.69) is 4.98 Å². The van der Waals surface area contributed by atoms with Crippen LogP contribution in [0.15, 0.2) is 77.1 Å². The summed E-state index contributed by atoms with van der Waals surface area (Å²) in [6, 6.07) is 20.2. The number of rotatable bonds is 9. The van der Waals surface area contributed by atoms with Gasteiger partial charge in [0.15, 0.2) is 5.78 Å². The molecule has 2 aromatic heterocycles. The van der Waals surface area contributed by atoms with E-state index in [0.717, 1.165) is 39.1 Å². The molecule has 1 saturated heterocycles. The summed E-state index contributed by atoms with van der Waals surface area (Å²) in [4.78, 5) is 17.3. The molecule has 0 amide bonds. The first-order chi connectivity index (χ1) is 17.4. The Morgan fingerprint density at radius 3 is 2.67 bits per heavy atom. The number of ether oxygens (including phenoxy) is 1. The van der Waals surface area contributed by atoms with Gasteiger partial charge < -0.3 is 4.74 Å². The van der Waals surface area contributed by atoms with Crippen LogP contribution in [0.1, 0.15) is 30.4 Å². The van der Waals surface area contributed by atoms with E-state index in [1.165, 1.54) is 10.4 Å². The number of aryl methyl sites for hydroxylation is 1. The molecule has 1 fully saturated rings. The molecule has 5 rings (SSSR count). The lowest BCUT2D eigenvalue weighted by Gasteiger charge is -2.22. The van der Waals surface area contributed by atoms with Crippen LogP contribution >= 0.6 is 22.9 Å². The summed E-state index contributed by atoms with van der Waals surface area (Å²) in [5, 5.41) is 1.03. The number of thiophene rings is 1. The lowest BCUT2D eigenvalue weighted by atomic mass is 10.0. The number of hydrogen-bond acceptors (Lipinski definition) is 6. The highest BCUT2D eigenvalue weighted by atomic mass is 35.5. The van der Waals surface area contributed by atoms with E-state index >= 15 is 0 Å². The molecule has 186 valence electrons. The SMILES string of the molecule is O=C(CCc1ccc(COc2ccc3ncccc3c2)cc1)[C@@H]1CCCN1S(=O)(=O)c1ccc(Cl)s1. The Labute approximate surface area is 219 Å². The summed E-state index contributed by atoms with van der Waals surface area (Å²) < 4.78 is 33.9. The van der Waals surface area contributed by atoms with Gasteiger partial charge in [-0.2, -0.15) is 4.31 Å². The largest absolute Gasteiger partial charge is 0.489 e. The molecule has 9 heteroatoms. The van der Waals surface area contributed by atoms with Gasteiger partial charge in [0.1, 0.15) is 16.6 Å². The zero-order valence-electron chi connectivity index (χ0n) is 19.5. The van der Waals surface area contributed by atoms with Gasteiger partial charge in [0.25, 0.3) is 10.0 Å². The Morgan fingerprint density at radius 1 is 1.08 bits per heavy atom. The van der Waals surface area contributed by atoms with Crippen molar-refractivity contribution in [3.8, 4) is 5.75 Å². The van der Waals surface area contributed by atoms with Gasteiger partial charge in [0.2, 0.25) is 0 Å². The van der Waals surface area contributed by atoms with E-state index in [4.69, 9.17) is 16.3 Å². The first-order valence-corrected chi connectivity index (χ1v) is 14.4. The van der Waals surface area contributed by atoms with Gasteiger partial charge in [0.05, 0.1) is 15.9 Å². The third-order valence-electron chi connectivity index (χ3n) is 6.35. The van der Waals surface area contributed by atoms with Crippen molar-refractivity contribution >= 4 is 49.6 Å². The molecule has 1 aliphatic heterocycles. The number of hydrogen-bond donors (Lipinski definition) is 0. The van der Waals surface area contributed by atoms with Crippen LogP contribution in [0.5, 0.6) is 5.75 Å². The van der Waals surface area contributed by atoms with Gasteiger partial charge in [0, 0.05) is 24.5 Å². The highest BCUT2D eigenvalue weighted by Gasteiger charge is 2.39. The number of halogens is 1. The fourth-order valence-electron chi connectivity index (χ4n) is 4.45. The minimum Gasteiger partial charge on any atom is -0.489 e. The van der Waals surface area contributed by atoms with E-state index in [-0.39, 0.29) is 9.99 Å². The predicted octanol–water partition coefficient (Wildman–Crippen LogP) is 5.88. The molecule has 1 atom stereocenters. The smallest absolute Gasteiger partial charge is 0.253 e. The lowest BCUT2D eigenvalue weighted by molar-refractivity contribution is -0.122. The Morgan fingerprint density at radius 2 is 1.89 bits per heavy atom. The summed E-state index contributed by atoms with van der Waals surface area (Å²) in [7, 11) is -3.71. The van der Waals surface area contributed by atoms with Crippen molar-refractivity contribution in [2.75, 3.05) is 6.54 Å². The van der Waals surface area contributed by atoms with Crippen molar-refractivity contribution in [2.45, 2.75) is 42.5 Å². The second kappa shape index (κ2) is 10.7. The second-order valence-corrected chi connectivity index (χ2v) is 12.6. The van der Waals surface area contributed by atoms with Crippen LogP contribution in [0.2, 0.25) is 4.34 Å². The van der Waals surface area contributed by atoms with Gasteiger partial charge in [-0.15, -0.1) is 11.3 Å². The Hall–Kier alpha value is -2.78. The fourth-order valence-corrected chi connectivity index (χ4v) is 7.74. The molecule has 0 bridgehead atoms. The number of carbonyl (C=O) groups excluding carboxylic acids is 1. The Kier molecular flexibility index (Phi) is 7.39. The van der Waals surface area contributed by atoms with Gasteiger partial charge in [-0.25, -0.2) is 8.42 Å². The van der Waals surface area contributed by atoms with Crippen LogP contribution in [0, 0.1) is 0 Å². The maximum Gasteiger partial charge on any atom is 0.253 e. The standard InChI is InChI=1S/C27H25ClN2O4S2/c28-26-13-14-27(35-26)36(32,33)30-16-2-4-24(30)25(31)12-9-19-5-7-20(8-6-19)18-34-22-10-11-23-21(17-22)3-1-15-29-23/h1,3,5-8,10-11,13-15,17,24H,2,4,9,12,16,18H2/t24-/m0/s1. The van der Waals surface area contributed by atoms with Crippen LogP contribution in [-0.2, 0) is 27.8 Å². The number of aromatic nitrogens is 1. The number of ketones is 1. The van der Waals surface area contributed by atoms with Crippen LogP contribution < -0.4 is 4.74 Å². The number of sulfonamides is 1. The number of fused-ring (bicyclic) bond motifs is 1. The van der Waals surface area contributed by atoms with E-state index in [0.29, 0.717) is 43.2 Å². The zero-order valence-corrected chi connectivity index (χ0v) is 21.9. The molecule has 1 aliphatic rings. The first-order valence-electron chi connectivity index (χ1n) is 11.8. The molecular weight excluding hydrogens is 516 g/mol. The van der Waals surface area contributed by atoms with E-state index in [9.17, 15) is 13.2 Å². The molecule has 0 aliphatic carbocycles. The second-order valence-electron chi connectivity index (χ2n) is 8.76. The molecular formula is C27H25ClN2O4S2. The van der Waals surface area contributed by atoms with Crippen molar-refractivity contribution in [1.29, 1.82) is 0 Å². The van der Waals surface area contributed by atoms with Crippen LogP contribution in [0.4, 0.5) is 0 Å². The quantitative estimate of drug-likeness (QED) is 0.265. The maximum absolute atomic E-state index is 13.0. The van der Waals surface area contributed by atoms with Crippen molar-refractivity contribution in [3.05, 3.63) is 88.4 Å². The minimum absolute atomic E-state index is 0.0445. The predicted molar refractivity (Wildman–Crippen MR) is 142 cm³/mol. The monoisotopic (exact) mass is 540 g/mol. The summed E-state index contributed by atoms with van der Waals surface area (Å²) in [5.41, 5.74) is 2.98. The molecule has 3 heterocycles. The summed E-state index contributed by atoms with van der Waals surface area (Å²) in [6.45, 7) is 0.795. The van der Waals surface area contributed by atoms with Gasteiger partial charge in [-0.05, 0) is 66.8 Å². The van der Waals surface area contributed by atoms with Crippen LogP contribution in [0.3, 0.4) is 0 Å². The summed E-state index contributed by atoms with van der Waals surface area (Å²) >= 11 is 6.95. The van der Waals surface area contributed by atoms with E-state index in [1.54, 1.807) is 12.3 Å². The maximum atomic E-state index is 13.0. The van der Waals surface area contributed by atoms with Gasteiger partial charge in [-0.3, -0.25) is 9.78 Å². The number of pyridine rings is 1. The van der Waals surface area contributed by atoms with Crippen molar-refractivity contribution in [3.63, 3.8) is 0 Å². The van der Waals surface area contributed by atoms with Gasteiger partial charge in [-0.1, -0.05) is 41.9 Å². The van der Waals surface area contributed by atoms with Crippen LogP contribution in [0.25, 0.3) is 10.9 Å². The van der Waals surface area contributed by atoms with E-state index in [1.807, 2.05) is 54.6 Å². The average molecular weight is 541 g/mol. The number of carbonyl (C=O) groups is 1. The van der Waals surface area contributed by atoms with Gasteiger partial charge >= 0.3 is 0 Å². The van der Waals surface area contributed by atoms with Crippen molar-refractivity contribution < 1.29 is 17.9 Å². The zero-order chi connectivity index (χ0) is 25.1. The third-order valence-corrected chi connectivity index (χ3v) is 9.96. The molecule has 0 N–H and O–H groups in total. The topological polar surface area (TPSA) is 76.6 Å². The Balaban J connectivity index is 1.16. The number of Topliss-reactive ketones (excluding diaryl/α,β-unsaturated/α-hetero) is 1. The first kappa shape index (κ1) is 24.9. The highest BCUT2D eigenvalue weighted by molar-refractivity contribution is 7.91. The molecule has 36 heavy (non-hydrogen) atoms. The molecule has 0 unspecified atom stereocenters. The van der Waals surface area contributed by atoms with Crippen LogP contribution in [-0.4, -0.2) is 36.1 Å².